The lowest BCUT2D eigenvalue weighted by Crippen LogP contribution is -2.50. The Hall–Kier alpha value is -0.940. The minimum Gasteiger partial charge on any atom is -0.329 e. The van der Waals surface area contributed by atoms with Crippen LogP contribution in [0.2, 0.25) is 0 Å². The SMILES string of the molecule is Cc1cccc2c1C(N1CCNCC1)CN(C)C2CN. The summed E-state index contributed by atoms with van der Waals surface area (Å²) >= 11 is 0. The van der Waals surface area contributed by atoms with Crippen molar-refractivity contribution in [3.63, 3.8) is 0 Å². The average Bonchev–Trinajstić information content (AvgIpc) is 2.47. The summed E-state index contributed by atoms with van der Waals surface area (Å²) in [5, 5.41) is 3.45. The van der Waals surface area contributed by atoms with Crippen LogP contribution in [0.5, 0.6) is 0 Å². The topological polar surface area (TPSA) is 44.5 Å². The second-order valence-corrected chi connectivity index (χ2v) is 6.07. The maximum atomic E-state index is 6.02. The number of aryl methyl sites for hydroxylation is 1. The Bertz CT molecular complexity index is 468. The van der Waals surface area contributed by atoms with Crippen molar-refractivity contribution in [2.24, 2.45) is 5.73 Å². The van der Waals surface area contributed by atoms with Crippen molar-refractivity contribution in [1.29, 1.82) is 0 Å². The second kappa shape index (κ2) is 5.82. The summed E-state index contributed by atoms with van der Waals surface area (Å²) < 4.78 is 0. The molecule has 0 amide bonds. The van der Waals surface area contributed by atoms with E-state index in [0.29, 0.717) is 18.6 Å². The van der Waals surface area contributed by atoms with E-state index in [-0.39, 0.29) is 0 Å². The van der Waals surface area contributed by atoms with Gasteiger partial charge >= 0.3 is 0 Å². The molecule has 110 valence electrons. The highest BCUT2D eigenvalue weighted by atomic mass is 15.3. The zero-order chi connectivity index (χ0) is 14.1. The van der Waals surface area contributed by atoms with Crippen molar-refractivity contribution in [3.8, 4) is 0 Å². The van der Waals surface area contributed by atoms with Gasteiger partial charge in [-0.25, -0.2) is 0 Å². The van der Waals surface area contributed by atoms with Crippen molar-refractivity contribution < 1.29 is 0 Å². The smallest absolute Gasteiger partial charge is 0.0482 e. The standard InChI is InChI=1S/C16H26N4/c1-12-4-3-5-13-14(10-17)19(2)11-15(16(12)13)20-8-6-18-7-9-20/h3-5,14-15,18H,6-11,17H2,1-2H3. The molecule has 2 heterocycles. The summed E-state index contributed by atoms with van der Waals surface area (Å²) in [4.78, 5) is 5.06. The van der Waals surface area contributed by atoms with Crippen LogP contribution >= 0.6 is 0 Å². The van der Waals surface area contributed by atoms with E-state index in [1.165, 1.54) is 16.7 Å². The number of nitrogens with two attached hydrogens (primary N) is 1. The molecule has 4 heteroatoms. The lowest BCUT2D eigenvalue weighted by atomic mass is 9.85. The fourth-order valence-corrected chi connectivity index (χ4v) is 3.78. The molecule has 0 aromatic heterocycles. The molecule has 1 aromatic carbocycles. The molecular formula is C16H26N4. The molecule has 1 fully saturated rings. The molecule has 20 heavy (non-hydrogen) atoms. The highest BCUT2D eigenvalue weighted by molar-refractivity contribution is 5.41. The number of rotatable bonds is 2. The fourth-order valence-electron chi connectivity index (χ4n) is 3.78. The number of benzene rings is 1. The number of hydrogen-bond acceptors (Lipinski definition) is 4. The van der Waals surface area contributed by atoms with Gasteiger partial charge in [-0.1, -0.05) is 18.2 Å². The molecule has 0 spiro atoms. The monoisotopic (exact) mass is 274 g/mol. The van der Waals surface area contributed by atoms with Gasteiger partial charge in [0.05, 0.1) is 0 Å². The Labute approximate surface area is 121 Å². The van der Waals surface area contributed by atoms with Crippen LogP contribution in [-0.4, -0.2) is 56.1 Å². The fraction of sp³-hybridized carbons (Fsp3) is 0.625. The molecule has 3 rings (SSSR count). The zero-order valence-corrected chi connectivity index (χ0v) is 12.6. The lowest BCUT2D eigenvalue weighted by molar-refractivity contribution is 0.100. The highest BCUT2D eigenvalue weighted by Gasteiger charge is 2.34. The van der Waals surface area contributed by atoms with E-state index in [4.69, 9.17) is 5.73 Å². The Morgan fingerprint density at radius 3 is 2.75 bits per heavy atom. The number of hydrogen-bond donors (Lipinski definition) is 2. The minimum absolute atomic E-state index is 0.365. The van der Waals surface area contributed by atoms with Gasteiger partial charge in [-0.3, -0.25) is 9.80 Å². The van der Waals surface area contributed by atoms with Gasteiger partial charge in [-0.2, -0.15) is 0 Å². The molecule has 2 aliphatic heterocycles. The Morgan fingerprint density at radius 2 is 2.05 bits per heavy atom. The number of nitrogens with one attached hydrogen (secondary N) is 1. The summed E-state index contributed by atoms with van der Waals surface area (Å²) in [6, 6.07) is 7.56. The first kappa shape index (κ1) is 14.0. The van der Waals surface area contributed by atoms with Crippen LogP contribution in [0.1, 0.15) is 28.8 Å². The third-order valence-corrected chi connectivity index (χ3v) is 4.86. The van der Waals surface area contributed by atoms with Crippen molar-refractivity contribution in [3.05, 3.63) is 34.9 Å². The predicted molar refractivity (Wildman–Crippen MR) is 82.8 cm³/mol. The van der Waals surface area contributed by atoms with Gasteiger partial charge in [0, 0.05) is 51.4 Å². The van der Waals surface area contributed by atoms with Gasteiger partial charge in [-0.15, -0.1) is 0 Å². The number of fused-ring (bicyclic) bond motifs is 1. The van der Waals surface area contributed by atoms with Crippen molar-refractivity contribution >= 4 is 0 Å². The zero-order valence-electron chi connectivity index (χ0n) is 12.6. The minimum atomic E-state index is 0.365. The predicted octanol–water partition coefficient (Wildman–Crippen LogP) is 0.887. The van der Waals surface area contributed by atoms with E-state index in [1.54, 1.807) is 0 Å². The molecule has 1 aromatic rings. The Balaban J connectivity index is 2.00. The van der Waals surface area contributed by atoms with Crippen LogP contribution in [0.25, 0.3) is 0 Å². The molecule has 3 N–H and O–H groups in total. The third kappa shape index (κ3) is 2.37. The first-order valence-corrected chi connectivity index (χ1v) is 7.67. The van der Waals surface area contributed by atoms with Crippen LogP contribution in [-0.2, 0) is 0 Å². The van der Waals surface area contributed by atoms with E-state index >= 15 is 0 Å². The van der Waals surface area contributed by atoms with Crippen molar-refractivity contribution in [1.82, 2.24) is 15.1 Å². The number of likely N-dealkylation sites (N-methyl/N-ethyl adjacent to an activating group) is 1. The summed E-state index contributed by atoms with van der Waals surface area (Å²) in [5.74, 6) is 0. The van der Waals surface area contributed by atoms with Gasteiger partial charge in [0.1, 0.15) is 0 Å². The maximum Gasteiger partial charge on any atom is 0.0482 e. The first-order chi connectivity index (χ1) is 9.72. The van der Waals surface area contributed by atoms with E-state index < -0.39 is 0 Å². The summed E-state index contributed by atoms with van der Waals surface area (Å²) in [6.07, 6.45) is 0. The van der Waals surface area contributed by atoms with Gasteiger partial charge in [0.25, 0.3) is 0 Å². The normalized spacial score (nSPS) is 28.4. The van der Waals surface area contributed by atoms with E-state index in [9.17, 15) is 0 Å². The molecule has 1 saturated heterocycles. The average molecular weight is 274 g/mol. The van der Waals surface area contributed by atoms with Crippen molar-refractivity contribution in [2.45, 2.75) is 19.0 Å². The van der Waals surface area contributed by atoms with Crippen LogP contribution in [0.4, 0.5) is 0 Å². The largest absolute Gasteiger partial charge is 0.329 e. The van der Waals surface area contributed by atoms with Crippen LogP contribution in [0.15, 0.2) is 18.2 Å². The van der Waals surface area contributed by atoms with Gasteiger partial charge in [0.15, 0.2) is 0 Å². The van der Waals surface area contributed by atoms with E-state index in [1.807, 2.05) is 0 Å². The number of piperazine rings is 1. The summed E-state index contributed by atoms with van der Waals surface area (Å²) in [6.45, 7) is 8.50. The van der Waals surface area contributed by atoms with Gasteiger partial charge < -0.3 is 11.1 Å². The maximum absolute atomic E-state index is 6.02. The molecule has 0 aliphatic carbocycles. The third-order valence-electron chi connectivity index (χ3n) is 4.86. The molecular weight excluding hydrogens is 248 g/mol. The summed E-state index contributed by atoms with van der Waals surface area (Å²) in [7, 11) is 2.21. The molecule has 0 bridgehead atoms. The Morgan fingerprint density at radius 1 is 1.30 bits per heavy atom. The van der Waals surface area contributed by atoms with Crippen LogP contribution in [0.3, 0.4) is 0 Å². The highest BCUT2D eigenvalue weighted by Crippen LogP contribution is 2.38. The van der Waals surface area contributed by atoms with Crippen LogP contribution < -0.4 is 11.1 Å². The number of nitrogens with zero attached hydrogens (tertiary/aromatic N) is 2. The molecule has 2 atom stereocenters. The Kier molecular flexibility index (Phi) is 4.08. The lowest BCUT2D eigenvalue weighted by Gasteiger charge is -2.45. The molecule has 2 aliphatic rings. The van der Waals surface area contributed by atoms with E-state index in [0.717, 1.165) is 32.7 Å². The van der Waals surface area contributed by atoms with Crippen LogP contribution in [0, 0.1) is 6.92 Å². The van der Waals surface area contributed by atoms with Gasteiger partial charge in [0.2, 0.25) is 0 Å². The second-order valence-electron chi connectivity index (χ2n) is 6.07. The molecule has 2 unspecified atom stereocenters. The molecule has 0 radical (unpaired) electrons. The molecule has 4 nitrogen and oxygen atoms in total. The van der Waals surface area contributed by atoms with Crippen molar-refractivity contribution in [2.75, 3.05) is 46.3 Å². The van der Waals surface area contributed by atoms with E-state index in [2.05, 4.69) is 47.3 Å². The molecule has 0 saturated carbocycles. The first-order valence-electron chi connectivity index (χ1n) is 7.67. The van der Waals surface area contributed by atoms with Gasteiger partial charge in [-0.05, 0) is 30.7 Å². The quantitative estimate of drug-likeness (QED) is 0.840. The summed E-state index contributed by atoms with van der Waals surface area (Å²) in [5.41, 5.74) is 10.4.